The van der Waals surface area contributed by atoms with E-state index in [0.717, 1.165) is 18.8 Å². The summed E-state index contributed by atoms with van der Waals surface area (Å²) in [4.78, 5) is 28.7. The Kier molecular flexibility index (Phi) is 6.77. The first kappa shape index (κ1) is 20.0. The molecule has 1 fully saturated rings. The summed E-state index contributed by atoms with van der Waals surface area (Å²) >= 11 is 1.24. The van der Waals surface area contributed by atoms with E-state index in [0.29, 0.717) is 29.8 Å². The van der Waals surface area contributed by atoms with Crippen LogP contribution in [-0.2, 0) is 16.1 Å². The minimum Gasteiger partial charge on any atom is -0.377 e. The zero-order valence-corrected chi connectivity index (χ0v) is 16.7. The number of carbonyl (C=O) groups excluding carboxylic acids is 2. The summed E-state index contributed by atoms with van der Waals surface area (Å²) in [6, 6.07) is 9.19. The molecular formula is C18H24N6O3S. The number of amides is 3. The quantitative estimate of drug-likeness (QED) is 0.758. The summed E-state index contributed by atoms with van der Waals surface area (Å²) in [7, 11) is 1.57. The average Bonchev–Trinajstić information content (AvgIpc) is 3.16. The molecule has 1 saturated heterocycles. The van der Waals surface area contributed by atoms with Crippen molar-refractivity contribution in [1.29, 1.82) is 0 Å². The van der Waals surface area contributed by atoms with Crippen LogP contribution >= 0.6 is 11.3 Å². The van der Waals surface area contributed by atoms with Gasteiger partial charge in [-0.15, -0.1) is 10.2 Å². The molecule has 3 rings (SSSR count). The molecule has 0 spiro atoms. The summed E-state index contributed by atoms with van der Waals surface area (Å²) < 4.78 is 4.98. The SMILES string of the molecule is COCc1nnc(NC(=O)C(C)NC(=O)N2CCN(c3ccccc3)CC2)s1. The molecule has 1 atom stereocenters. The highest BCUT2D eigenvalue weighted by Gasteiger charge is 2.24. The third kappa shape index (κ3) is 5.17. The topological polar surface area (TPSA) is 99.7 Å². The van der Waals surface area contributed by atoms with Crippen molar-refractivity contribution < 1.29 is 14.3 Å². The number of nitrogens with zero attached hydrogens (tertiary/aromatic N) is 4. The first-order valence-corrected chi connectivity index (χ1v) is 9.86. The Balaban J connectivity index is 1.45. The van der Waals surface area contributed by atoms with Gasteiger partial charge in [0.15, 0.2) is 0 Å². The van der Waals surface area contributed by atoms with Crippen LogP contribution in [0.4, 0.5) is 15.6 Å². The molecule has 150 valence electrons. The molecule has 1 aliphatic rings. The number of piperazine rings is 1. The molecule has 0 aliphatic carbocycles. The minimum atomic E-state index is -0.686. The predicted octanol–water partition coefficient (Wildman–Crippen LogP) is 1.54. The van der Waals surface area contributed by atoms with Crippen LogP contribution in [0.1, 0.15) is 11.9 Å². The van der Waals surface area contributed by atoms with Crippen LogP contribution in [0.25, 0.3) is 0 Å². The fourth-order valence-corrected chi connectivity index (χ4v) is 3.56. The zero-order chi connectivity index (χ0) is 19.9. The van der Waals surface area contributed by atoms with Crippen molar-refractivity contribution in [2.45, 2.75) is 19.6 Å². The van der Waals surface area contributed by atoms with Gasteiger partial charge in [0, 0.05) is 39.0 Å². The van der Waals surface area contributed by atoms with Gasteiger partial charge in [0.2, 0.25) is 11.0 Å². The lowest BCUT2D eigenvalue weighted by atomic mass is 10.2. The van der Waals surface area contributed by atoms with Crippen molar-refractivity contribution in [3.05, 3.63) is 35.3 Å². The number of rotatable bonds is 6. The van der Waals surface area contributed by atoms with Gasteiger partial charge in [-0.25, -0.2) is 4.79 Å². The van der Waals surface area contributed by atoms with Crippen molar-refractivity contribution in [1.82, 2.24) is 20.4 Å². The van der Waals surface area contributed by atoms with Gasteiger partial charge in [-0.2, -0.15) is 0 Å². The molecule has 0 radical (unpaired) electrons. The highest BCUT2D eigenvalue weighted by molar-refractivity contribution is 7.15. The maximum Gasteiger partial charge on any atom is 0.318 e. The molecule has 1 unspecified atom stereocenters. The number of ether oxygens (including phenoxy) is 1. The Morgan fingerprint density at radius 3 is 2.57 bits per heavy atom. The van der Waals surface area contributed by atoms with Gasteiger partial charge in [0.1, 0.15) is 17.7 Å². The van der Waals surface area contributed by atoms with Gasteiger partial charge in [0.25, 0.3) is 0 Å². The average molecular weight is 404 g/mol. The van der Waals surface area contributed by atoms with Crippen LogP contribution < -0.4 is 15.5 Å². The lowest BCUT2D eigenvalue weighted by molar-refractivity contribution is -0.117. The number of nitrogens with one attached hydrogen (secondary N) is 2. The number of hydrogen-bond donors (Lipinski definition) is 2. The van der Waals surface area contributed by atoms with Crippen molar-refractivity contribution in [3.63, 3.8) is 0 Å². The van der Waals surface area contributed by atoms with Crippen LogP contribution in [-0.4, -0.2) is 66.4 Å². The normalized spacial score (nSPS) is 15.2. The third-order valence-corrected chi connectivity index (χ3v) is 5.20. The molecule has 28 heavy (non-hydrogen) atoms. The van der Waals surface area contributed by atoms with E-state index < -0.39 is 6.04 Å². The summed E-state index contributed by atoms with van der Waals surface area (Å²) in [5.41, 5.74) is 1.15. The van der Waals surface area contributed by atoms with Crippen LogP contribution in [0.2, 0.25) is 0 Å². The number of carbonyl (C=O) groups is 2. The Morgan fingerprint density at radius 1 is 1.18 bits per heavy atom. The van der Waals surface area contributed by atoms with Crippen LogP contribution in [0.5, 0.6) is 0 Å². The minimum absolute atomic E-state index is 0.243. The van der Waals surface area contributed by atoms with E-state index in [9.17, 15) is 9.59 Å². The fourth-order valence-electron chi connectivity index (χ4n) is 2.85. The molecule has 3 amide bonds. The number of benzene rings is 1. The second-order valence-electron chi connectivity index (χ2n) is 6.40. The van der Waals surface area contributed by atoms with E-state index in [4.69, 9.17) is 4.74 Å². The largest absolute Gasteiger partial charge is 0.377 e. The Morgan fingerprint density at radius 2 is 1.89 bits per heavy atom. The number of para-hydroxylation sites is 1. The Bertz CT molecular complexity index is 792. The highest BCUT2D eigenvalue weighted by atomic mass is 32.1. The van der Waals surface area contributed by atoms with E-state index in [1.807, 2.05) is 18.2 Å². The maximum absolute atomic E-state index is 12.5. The van der Waals surface area contributed by atoms with Gasteiger partial charge < -0.3 is 19.9 Å². The monoisotopic (exact) mass is 404 g/mol. The standard InChI is InChI=1S/C18H24N6O3S/c1-13(16(25)20-17-22-21-15(28-17)12-27-2)19-18(26)24-10-8-23(9-11-24)14-6-4-3-5-7-14/h3-7,13H,8-12H2,1-2H3,(H,19,26)(H,20,22,25). The summed E-state index contributed by atoms with van der Waals surface area (Å²) in [6.45, 7) is 4.70. The predicted molar refractivity (Wildman–Crippen MR) is 107 cm³/mol. The second-order valence-corrected chi connectivity index (χ2v) is 7.47. The lowest BCUT2D eigenvalue weighted by Crippen LogP contribution is -2.54. The lowest BCUT2D eigenvalue weighted by Gasteiger charge is -2.36. The summed E-state index contributed by atoms with van der Waals surface area (Å²) in [5.74, 6) is -0.337. The molecule has 0 saturated carbocycles. The Hall–Kier alpha value is -2.72. The van der Waals surface area contributed by atoms with Gasteiger partial charge in [-0.1, -0.05) is 29.5 Å². The van der Waals surface area contributed by atoms with Crippen molar-refractivity contribution in [2.24, 2.45) is 0 Å². The molecule has 2 heterocycles. The molecule has 2 aromatic rings. The molecule has 2 N–H and O–H groups in total. The van der Waals surface area contributed by atoms with Gasteiger partial charge in [-0.3, -0.25) is 10.1 Å². The smallest absolute Gasteiger partial charge is 0.318 e. The molecular weight excluding hydrogens is 380 g/mol. The summed E-state index contributed by atoms with van der Waals surface area (Å²) in [6.07, 6.45) is 0. The number of anilines is 2. The van der Waals surface area contributed by atoms with Crippen molar-refractivity contribution >= 4 is 34.1 Å². The molecule has 9 nitrogen and oxygen atoms in total. The number of methoxy groups -OCH3 is 1. The fraction of sp³-hybridized carbons (Fsp3) is 0.444. The first-order valence-electron chi connectivity index (χ1n) is 9.04. The molecule has 1 aromatic heterocycles. The van der Waals surface area contributed by atoms with Crippen LogP contribution in [0.3, 0.4) is 0 Å². The molecule has 0 bridgehead atoms. The molecule has 1 aliphatic heterocycles. The van der Waals surface area contributed by atoms with Crippen LogP contribution in [0, 0.1) is 0 Å². The maximum atomic E-state index is 12.5. The number of aromatic nitrogens is 2. The van der Waals surface area contributed by atoms with Crippen LogP contribution in [0.15, 0.2) is 30.3 Å². The Labute approximate surface area is 167 Å². The van der Waals surface area contributed by atoms with Crippen molar-refractivity contribution in [2.75, 3.05) is 43.5 Å². The van der Waals surface area contributed by atoms with E-state index >= 15 is 0 Å². The second kappa shape index (κ2) is 9.47. The van der Waals surface area contributed by atoms with Gasteiger partial charge in [-0.05, 0) is 19.1 Å². The van der Waals surface area contributed by atoms with E-state index in [2.05, 4.69) is 37.9 Å². The van der Waals surface area contributed by atoms with E-state index in [1.54, 1.807) is 18.9 Å². The highest BCUT2D eigenvalue weighted by Crippen LogP contribution is 2.17. The number of urea groups is 1. The zero-order valence-electron chi connectivity index (χ0n) is 15.9. The van der Waals surface area contributed by atoms with E-state index in [-0.39, 0.29) is 11.9 Å². The molecule has 10 heteroatoms. The first-order chi connectivity index (χ1) is 13.6. The summed E-state index contributed by atoms with van der Waals surface area (Å²) in [5, 5.41) is 14.3. The number of hydrogen-bond acceptors (Lipinski definition) is 7. The molecule has 1 aromatic carbocycles. The van der Waals surface area contributed by atoms with Gasteiger partial charge in [0.05, 0.1) is 0 Å². The van der Waals surface area contributed by atoms with Gasteiger partial charge >= 0.3 is 6.03 Å². The van der Waals surface area contributed by atoms with Crippen molar-refractivity contribution in [3.8, 4) is 0 Å². The third-order valence-electron chi connectivity index (χ3n) is 4.39. The van der Waals surface area contributed by atoms with E-state index in [1.165, 1.54) is 11.3 Å².